The van der Waals surface area contributed by atoms with E-state index < -0.39 is 0 Å². The highest BCUT2D eigenvalue weighted by molar-refractivity contribution is 5.80. The Labute approximate surface area is 95.4 Å². The Bertz CT molecular complexity index is 450. The maximum Gasteiger partial charge on any atom is 0.121 e. The number of ether oxygens (including phenoxy) is 2. The number of benzene rings is 1. The Morgan fingerprint density at radius 3 is 3.00 bits per heavy atom. The van der Waals surface area contributed by atoms with Crippen LogP contribution in [-0.4, -0.2) is 24.8 Å². The van der Waals surface area contributed by atoms with Crippen LogP contribution in [0.1, 0.15) is 13.3 Å². The summed E-state index contributed by atoms with van der Waals surface area (Å²) in [5.74, 6) is 0.901. The predicted molar refractivity (Wildman–Crippen MR) is 64.9 cm³/mol. The van der Waals surface area contributed by atoms with Gasteiger partial charge in [-0.15, -0.1) is 0 Å². The number of aromatic amines is 1. The molecule has 3 heteroatoms. The fraction of sp³-hybridized carbons (Fsp3) is 0.385. The van der Waals surface area contributed by atoms with Gasteiger partial charge in [0.2, 0.25) is 0 Å². The molecule has 1 heterocycles. The maximum atomic E-state index is 5.66. The third-order valence-corrected chi connectivity index (χ3v) is 2.72. The molecule has 1 aromatic carbocycles. The minimum absolute atomic E-state index is 0.245. The lowest BCUT2D eigenvalue weighted by molar-refractivity contribution is 0.0956. The number of nitrogens with one attached hydrogen (secondary N) is 1. The van der Waals surface area contributed by atoms with Gasteiger partial charge in [-0.3, -0.25) is 0 Å². The van der Waals surface area contributed by atoms with Crippen molar-refractivity contribution in [1.29, 1.82) is 0 Å². The average Bonchev–Trinajstić information content (AvgIpc) is 2.76. The van der Waals surface area contributed by atoms with Gasteiger partial charge in [0, 0.05) is 31.3 Å². The minimum atomic E-state index is 0.245. The molecule has 1 atom stereocenters. The first-order valence-electron chi connectivity index (χ1n) is 5.52. The quantitative estimate of drug-likeness (QED) is 0.838. The molecule has 86 valence electrons. The highest BCUT2D eigenvalue weighted by Gasteiger charge is 2.01. The number of H-pyrrole nitrogens is 1. The van der Waals surface area contributed by atoms with Crippen molar-refractivity contribution < 1.29 is 9.47 Å². The van der Waals surface area contributed by atoms with E-state index in [9.17, 15) is 0 Å². The zero-order chi connectivity index (χ0) is 11.4. The summed E-state index contributed by atoms with van der Waals surface area (Å²) >= 11 is 0. The van der Waals surface area contributed by atoms with Gasteiger partial charge in [-0.25, -0.2) is 0 Å². The van der Waals surface area contributed by atoms with Crippen molar-refractivity contribution in [2.75, 3.05) is 13.7 Å². The van der Waals surface area contributed by atoms with Gasteiger partial charge in [-0.1, -0.05) is 0 Å². The summed E-state index contributed by atoms with van der Waals surface area (Å²) in [5, 5.41) is 1.21. The van der Waals surface area contributed by atoms with Crippen LogP contribution in [0.15, 0.2) is 30.5 Å². The molecule has 1 unspecified atom stereocenters. The second-order valence-corrected chi connectivity index (χ2v) is 3.91. The highest BCUT2D eigenvalue weighted by atomic mass is 16.5. The molecule has 0 aliphatic rings. The predicted octanol–water partition coefficient (Wildman–Crippen LogP) is 2.97. The summed E-state index contributed by atoms with van der Waals surface area (Å²) < 4.78 is 10.8. The van der Waals surface area contributed by atoms with Crippen molar-refractivity contribution >= 4 is 10.9 Å². The molecule has 1 aromatic heterocycles. The summed E-state index contributed by atoms with van der Waals surface area (Å²) in [6, 6.07) is 8.12. The second-order valence-electron chi connectivity index (χ2n) is 3.91. The van der Waals surface area contributed by atoms with E-state index in [1.807, 2.05) is 31.3 Å². The summed E-state index contributed by atoms with van der Waals surface area (Å²) in [5.41, 5.74) is 1.11. The molecular weight excluding hydrogens is 202 g/mol. The lowest BCUT2D eigenvalue weighted by Gasteiger charge is -2.10. The fourth-order valence-corrected chi connectivity index (χ4v) is 1.58. The van der Waals surface area contributed by atoms with Crippen LogP contribution in [0.5, 0.6) is 5.75 Å². The second kappa shape index (κ2) is 5.03. The van der Waals surface area contributed by atoms with Gasteiger partial charge >= 0.3 is 0 Å². The Morgan fingerprint density at radius 1 is 1.31 bits per heavy atom. The number of methoxy groups -OCH3 is 1. The van der Waals surface area contributed by atoms with Crippen LogP contribution >= 0.6 is 0 Å². The van der Waals surface area contributed by atoms with Crippen molar-refractivity contribution in [2.24, 2.45) is 0 Å². The van der Waals surface area contributed by atoms with Gasteiger partial charge in [0.25, 0.3) is 0 Å². The summed E-state index contributed by atoms with van der Waals surface area (Å²) in [6.07, 6.45) is 3.08. The molecule has 0 aliphatic heterocycles. The van der Waals surface area contributed by atoms with E-state index in [-0.39, 0.29) is 6.10 Å². The molecule has 0 saturated heterocycles. The van der Waals surface area contributed by atoms with Crippen molar-refractivity contribution in [3.05, 3.63) is 30.5 Å². The molecule has 2 rings (SSSR count). The topological polar surface area (TPSA) is 34.2 Å². The third-order valence-electron chi connectivity index (χ3n) is 2.72. The van der Waals surface area contributed by atoms with Gasteiger partial charge in [0.1, 0.15) is 5.75 Å². The van der Waals surface area contributed by atoms with E-state index in [1.165, 1.54) is 5.39 Å². The summed E-state index contributed by atoms with van der Waals surface area (Å²) in [4.78, 5) is 3.17. The Kier molecular flexibility index (Phi) is 3.47. The van der Waals surface area contributed by atoms with E-state index in [2.05, 4.69) is 11.1 Å². The molecule has 0 bridgehead atoms. The van der Waals surface area contributed by atoms with Gasteiger partial charge in [0.15, 0.2) is 0 Å². The zero-order valence-electron chi connectivity index (χ0n) is 9.69. The molecule has 0 spiro atoms. The minimum Gasteiger partial charge on any atom is -0.493 e. The molecule has 2 aromatic rings. The Balaban J connectivity index is 1.93. The van der Waals surface area contributed by atoms with Crippen LogP contribution in [0.4, 0.5) is 0 Å². The van der Waals surface area contributed by atoms with Crippen LogP contribution < -0.4 is 4.74 Å². The molecule has 3 nitrogen and oxygen atoms in total. The van der Waals surface area contributed by atoms with E-state index in [1.54, 1.807) is 7.11 Å². The largest absolute Gasteiger partial charge is 0.493 e. The molecule has 0 aliphatic carbocycles. The van der Waals surface area contributed by atoms with Crippen LogP contribution in [0, 0.1) is 0 Å². The highest BCUT2D eigenvalue weighted by Crippen LogP contribution is 2.19. The number of rotatable bonds is 5. The number of aromatic nitrogens is 1. The van der Waals surface area contributed by atoms with E-state index >= 15 is 0 Å². The van der Waals surface area contributed by atoms with Gasteiger partial charge in [0.05, 0.1) is 12.7 Å². The van der Waals surface area contributed by atoms with Crippen molar-refractivity contribution in [1.82, 2.24) is 4.98 Å². The van der Waals surface area contributed by atoms with Crippen molar-refractivity contribution in [3.63, 3.8) is 0 Å². The molecule has 1 N–H and O–H groups in total. The van der Waals surface area contributed by atoms with Crippen LogP contribution in [-0.2, 0) is 4.74 Å². The first kappa shape index (κ1) is 11.0. The van der Waals surface area contributed by atoms with E-state index in [4.69, 9.17) is 9.47 Å². The molecule has 0 saturated carbocycles. The monoisotopic (exact) mass is 219 g/mol. The lowest BCUT2D eigenvalue weighted by Crippen LogP contribution is -2.10. The Hall–Kier alpha value is -1.48. The van der Waals surface area contributed by atoms with Crippen molar-refractivity contribution in [3.8, 4) is 5.75 Å². The smallest absolute Gasteiger partial charge is 0.121 e. The summed E-state index contributed by atoms with van der Waals surface area (Å²) in [6.45, 7) is 2.72. The molecular formula is C13H17NO2. The third kappa shape index (κ3) is 2.55. The number of hydrogen-bond donors (Lipinski definition) is 1. The average molecular weight is 219 g/mol. The first-order chi connectivity index (χ1) is 7.79. The molecule has 0 fully saturated rings. The van der Waals surface area contributed by atoms with Crippen LogP contribution in [0.2, 0.25) is 0 Å². The summed E-state index contributed by atoms with van der Waals surface area (Å²) in [7, 11) is 1.72. The zero-order valence-corrected chi connectivity index (χ0v) is 9.69. The Morgan fingerprint density at radius 2 is 2.19 bits per heavy atom. The first-order valence-corrected chi connectivity index (χ1v) is 5.52. The van der Waals surface area contributed by atoms with E-state index in [0.717, 1.165) is 17.7 Å². The van der Waals surface area contributed by atoms with Gasteiger partial charge in [-0.2, -0.15) is 0 Å². The maximum absolute atomic E-state index is 5.66. The van der Waals surface area contributed by atoms with Crippen LogP contribution in [0.25, 0.3) is 10.9 Å². The SMILES string of the molecule is COC(C)CCOc1ccc2cc[nH]c2c1. The van der Waals surface area contributed by atoms with E-state index in [0.29, 0.717) is 6.61 Å². The standard InChI is InChI=1S/C13H17NO2/c1-10(15-2)6-8-16-12-4-3-11-5-7-14-13(11)9-12/h3-5,7,9-10,14H,6,8H2,1-2H3. The van der Waals surface area contributed by atoms with Gasteiger partial charge in [-0.05, 0) is 30.5 Å². The van der Waals surface area contributed by atoms with Crippen LogP contribution in [0.3, 0.4) is 0 Å². The molecule has 16 heavy (non-hydrogen) atoms. The van der Waals surface area contributed by atoms with Gasteiger partial charge < -0.3 is 14.5 Å². The fourth-order valence-electron chi connectivity index (χ4n) is 1.58. The molecule has 0 radical (unpaired) electrons. The number of fused-ring (bicyclic) bond motifs is 1. The molecule has 0 amide bonds. The lowest BCUT2D eigenvalue weighted by atomic mass is 10.2. The van der Waals surface area contributed by atoms with Crippen molar-refractivity contribution in [2.45, 2.75) is 19.4 Å². The number of hydrogen-bond acceptors (Lipinski definition) is 2. The normalized spacial score (nSPS) is 12.9.